The molecule has 1 aliphatic carbocycles. The highest BCUT2D eigenvalue weighted by molar-refractivity contribution is 5.95. The van der Waals surface area contributed by atoms with Gasteiger partial charge in [-0.05, 0) is 31.9 Å². The Labute approximate surface area is 109 Å². The number of amides is 3. The second kappa shape index (κ2) is 5.55. The third-order valence-corrected chi connectivity index (χ3v) is 2.74. The van der Waals surface area contributed by atoms with Crippen molar-refractivity contribution in [3.05, 3.63) is 24.2 Å². The number of carbonyl (C=O) groups excluding carboxylic acids is 3. The first-order valence-corrected chi connectivity index (χ1v) is 6.02. The maximum absolute atomic E-state index is 11.6. The molecule has 1 heterocycles. The van der Waals surface area contributed by atoms with Crippen molar-refractivity contribution in [2.45, 2.75) is 25.8 Å². The summed E-state index contributed by atoms with van der Waals surface area (Å²) in [6.07, 6.45) is 3.08. The summed E-state index contributed by atoms with van der Waals surface area (Å²) in [6.45, 7) is 1.51. The molecule has 7 nitrogen and oxygen atoms in total. The van der Waals surface area contributed by atoms with E-state index in [1.54, 1.807) is 6.07 Å². The van der Waals surface area contributed by atoms with Crippen LogP contribution >= 0.6 is 0 Å². The first kappa shape index (κ1) is 13.1. The van der Waals surface area contributed by atoms with E-state index in [-0.39, 0.29) is 17.6 Å². The molecule has 7 heteroatoms. The van der Waals surface area contributed by atoms with Gasteiger partial charge in [0.1, 0.15) is 6.04 Å². The van der Waals surface area contributed by atoms with Crippen LogP contribution in [0.3, 0.4) is 0 Å². The van der Waals surface area contributed by atoms with Crippen LogP contribution in [0.2, 0.25) is 0 Å². The summed E-state index contributed by atoms with van der Waals surface area (Å²) in [7, 11) is 0. The maximum Gasteiger partial charge on any atom is 0.287 e. The van der Waals surface area contributed by atoms with Gasteiger partial charge in [-0.25, -0.2) is 0 Å². The van der Waals surface area contributed by atoms with Gasteiger partial charge in [-0.1, -0.05) is 0 Å². The highest BCUT2D eigenvalue weighted by Gasteiger charge is 2.30. The fraction of sp³-hybridized carbons (Fsp3) is 0.417. The van der Waals surface area contributed by atoms with Crippen molar-refractivity contribution in [3.63, 3.8) is 0 Å². The normalized spacial score (nSPS) is 15.4. The molecule has 1 fully saturated rings. The van der Waals surface area contributed by atoms with E-state index in [4.69, 9.17) is 4.42 Å². The SMILES string of the molecule is CC(NC(=O)c1ccco1)C(=O)NNC(=O)C1CC1. The molecule has 1 unspecified atom stereocenters. The molecule has 2 rings (SSSR count). The van der Waals surface area contributed by atoms with Crippen LogP contribution in [-0.2, 0) is 9.59 Å². The number of nitrogens with one attached hydrogen (secondary N) is 3. The molecule has 1 saturated carbocycles. The molecule has 0 saturated heterocycles. The molecule has 0 aliphatic heterocycles. The van der Waals surface area contributed by atoms with E-state index in [1.165, 1.54) is 19.3 Å². The maximum atomic E-state index is 11.6. The van der Waals surface area contributed by atoms with E-state index in [2.05, 4.69) is 16.2 Å². The molecule has 1 aliphatic rings. The van der Waals surface area contributed by atoms with Crippen molar-refractivity contribution in [1.29, 1.82) is 0 Å². The molecule has 3 N–H and O–H groups in total. The molecular weight excluding hydrogens is 250 g/mol. The van der Waals surface area contributed by atoms with Gasteiger partial charge >= 0.3 is 0 Å². The van der Waals surface area contributed by atoms with Crippen LogP contribution in [0.15, 0.2) is 22.8 Å². The summed E-state index contributed by atoms with van der Waals surface area (Å²) in [5.41, 5.74) is 4.59. The largest absolute Gasteiger partial charge is 0.459 e. The molecule has 1 aromatic heterocycles. The third-order valence-electron chi connectivity index (χ3n) is 2.74. The van der Waals surface area contributed by atoms with E-state index in [0.29, 0.717) is 0 Å². The molecule has 0 radical (unpaired) electrons. The molecule has 102 valence electrons. The van der Waals surface area contributed by atoms with Gasteiger partial charge in [0.15, 0.2) is 5.76 Å². The third kappa shape index (κ3) is 3.57. The Morgan fingerprint density at radius 1 is 1.32 bits per heavy atom. The lowest BCUT2D eigenvalue weighted by Gasteiger charge is -2.13. The van der Waals surface area contributed by atoms with Gasteiger partial charge in [-0.3, -0.25) is 25.2 Å². The zero-order chi connectivity index (χ0) is 13.8. The Morgan fingerprint density at radius 3 is 2.63 bits per heavy atom. The van der Waals surface area contributed by atoms with Crippen LogP contribution in [0.1, 0.15) is 30.3 Å². The first-order chi connectivity index (χ1) is 9.08. The Morgan fingerprint density at radius 2 is 2.05 bits per heavy atom. The zero-order valence-electron chi connectivity index (χ0n) is 10.4. The number of hydrogen-bond acceptors (Lipinski definition) is 4. The molecule has 3 amide bonds. The van der Waals surface area contributed by atoms with Gasteiger partial charge in [0.25, 0.3) is 11.8 Å². The van der Waals surface area contributed by atoms with Crippen molar-refractivity contribution in [3.8, 4) is 0 Å². The van der Waals surface area contributed by atoms with Gasteiger partial charge < -0.3 is 9.73 Å². The number of hydrogen-bond donors (Lipinski definition) is 3. The van der Waals surface area contributed by atoms with Crippen LogP contribution in [-0.4, -0.2) is 23.8 Å². The average molecular weight is 265 g/mol. The summed E-state index contributed by atoms with van der Waals surface area (Å²) < 4.78 is 4.90. The number of hydrazine groups is 1. The van der Waals surface area contributed by atoms with Crippen molar-refractivity contribution < 1.29 is 18.8 Å². The molecule has 0 spiro atoms. The molecule has 1 atom stereocenters. The van der Waals surface area contributed by atoms with Crippen LogP contribution < -0.4 is 16.2 Å². The lowest BCUT2D eigenvalue weighted by molar-refractivity contribution is -0.130. The van der Waals surface area contributed by atoms with Crippen molar-refractivity contribution in [2.24, 2.45) is 5.92 Å². The lowest BCUT2D eigenvalue weighted by Crippen LogP contribution is -2.51. The van der Waals surface area contributed by atoms with Gasteiger partial charge in [0.05, 0.1) is 6.26 Å². The average Bonchev–Trinajstić information content (AvgIpc) is 3.10. The summed E-state index contributed by atoms with van der Waals surface area (Å²) in [4.78, 5) is 34.5. The Bertz CT molecular complexity index is 479. The summed E-state index contributed by atoms with van der Waals surface area (Å²) in [6, 6.07) is 2.29. The molecule has 0 aromatic carbocycles. The summed E-state index contributed by atoms with van der Waals surface area (Å²) in [5.74, 6) is -1.04. The molecule has 1 aromatic rings. The zero-order valence-corrected chi connectivity index (χ0v) is 10.4. The fourth-order valence-electron chi connectivity index (χ4n) is 1.42. The topological polar surface area (TPSA) is 100 Å². The predicted molar refractivity (Wildman–Crippen MR) is 64.6 cm³/mol. The quantitative estimate of drug-likeness (QED) is 0.665. The Balaban J connectivity index is 1.75. The summed E-state index contributed by atoms with van der Waals surface area (Å²) >= 11 is 0. The van der Waals surface area contributed by atoms with Crippen molar-refractivity contribution in [2.75, 3.05) is 0 Å². The lowest BCUT2D eigenvalue weighted by atomic mass is 10.3. The van der Waals surface area contributed by atoms with Gasteiger partial charge in [0, 0.05) is 5.92 Å². The number of carbonyl (C=O) groups is 3. The molecular formula is C12H15N3O4. The minimum Gasteiger partial charge on any atom is -0.459 e. The highest BCUT2D eigenvalue weighted by Crippen LogP contribution is 2.28. The van der Waals surface area contributed by atoms with Gasteiger partial charge in [-0.2, -0.15) is 0 Å². The van der Waals surface area contributed by atoms with E-state index >= 15 is 0 Å². The van der Waals surface area contributed by atoms with Crippen LogP contribution in [0.25, 0.3) is 0 Å². The van der Waals surface area contributed by atoms with Crippen LogP contribution in [0, 0.1) is 5.92 Å². The number of rotatable bonds is 4. The van der Waals surface area contributed by atoms with E-state index < -0.39 is 17.9 Å². The van der Waals surface area contributed by atoms with Gasteiger partial charge in [0.2, 0.25) is 5.91 Å². The van der Waals surface area contributed by atoms with Gasteiger partial charge in [-0.15, -0.1) is 0 Å². The van der Waals surface area contributed by atoms with Crippen molar-refractivity contribution >= 4 is 17.7 Å². The van der Waals surface area contributed by atoms with Crippen LogP contribution in [0.4, 0.5) is 0 Å². The van der Waals surface area contributed by atoms with Crippen molar-refractivity contribution in [1.82, 2.24) is 16.2 Å². The number of furan rings is 1. The molecule has 19 heavy (non-hydrogen) atoms. The second-order valence-electron chi connectivity index (χ2n) is 4.43. The second-order valence-corrected chi connectivity index (χ2v) is 4.43. The first-order valence-electron chi connectivity index (χ1n) is 6.02. The standard InChI is InChI=1S/C12H15N3O4/c1-7(13-12(18)9-3-2-6-19-9)10(16)14-15-11(17)8-4-5-8/h2-3,6-8H,4-5H2,1H3,(H,13,18)(H,14,16)(H,15,17). The minimum atomic E-state index is -0.780. The smallest absolute Gasteiger partial charge is 0.287 e. The predicted octanol–water partition coefficient (Wildman–Crippen LogP) is -0.0447. The molecule has 0 bridgehead atoms. The monoisotopic (exact) mass is 265 g/mol. The Hall–Kier alpha value is -2.31. The minimum absolute atomic E-state index is 0.00770. The Kier molecular flexibility index (Phi) is 3.84. The van der Waals surface area contributed by atoms with E-state index in [0.717, 1.165) is 12.8 Å². The van der Waals surface area contributed by atoms with E-state index in [1.807, 2.05) is 0 Å². The van der Waals surface area contributed by atoms with E-state index in [9.17, 15) is 14.4 Å². The fourth-order valence-corrected chi connectivity index (χ4v) is 1.42. The summed E-state index contributed by atoms with van der Waals surface area (Å²) in [5, 5.41) is 2.45. The van der Waals surface area contributed by atoms with Crippen LogP contribution in [0.5, 0.6) is 0 Å². The highest BCUT2D eigenvalue weighted by atomic mass is 16.3.